The Morgan fingerprint density at radius 2 is 2.10 bits per heavy atom. The normalized spacial score (nSPS) is 16.9. The second-order valence-electron chi connectivity index (χ2n) is 6.83. The number of carbonyl (C=O) groups is 2. The molecule has 1 amide bonds. The second-order valence-corrected chi connectivity index (χ2v) is 7.92. The van der Waals surface area contributed by atoms with Crippen molar-refractivity contribution in [1.29, 1.82) is 0 Å². The molecule has 2 aromatic carbocycles. The van der Waals surface area contributed by atoms with E-state index in [4.69, 9.17) is 4.74 Å². The average molecular weight is 413 g/mol. The van der Waals surface area contributed by atoms with Gasteiger partial charge in [0.05, 0.1) is 13.5 Å². The monoisotopic (exact) mass is 412 g/mol. The highest BCUT2D eigenvalue weighted by molar-refractivity contribution is 7.97. The maximum Gasteiger partial charge on any atom is 0.303 e. The molecule has 0 aromatic heterocycles. The molecule has 0 saturated heterocycles. The van der Waals surface area contributed by atoms with Crippen LogP contribution in [-0.2, 0) is 9.59 Å². The number of allylic oxidation sites excluding steroid dienone is 2. The molecule has 0 spiro atoms. The van der Waals surface area contributed by atoms with Crippen molar-refractivity contribution in [3.8, 4) is 5.75 Å². The van der Waals surface area contributed by atoms with E-state index in [2.05, 4.69) is 10.0 Å². The molecular weight excluding hydrogens is 388 g/mol. The van der Waals surface area contributed by atoms with Gasteiger partial charge in [0, 0.05) is 16.1 Å². The van der Waals surface area contributed by atoms with E-state index in [0.29, 0.717) is 18.6 Å². The molecule has 0 bridgehead atoms. The number of carboxylic acid groups (broad SMARTS) is 1. The van der Waals surface area contributed by atoms with Crippen molar-refractivity contribution in [3.05, 3.63) is 53.1 Å². The number of nitrogens with one attached hydrogen (secondary N) is 2. The molecule has 0 fully saturated rings. The number of carboxylic acids is 1. The highest BCUT2D eigenvalue weighted by atomic mass is 32.2. The molecule has 29 heavy (non-hydrogen) atoms. The van der Waals surface area contributed by atoms with E-state index in [0.717, 1.165) is 38.4 Å². The summed E-state index contributed by atoms with van der Waals surface area (Å²) >= 11 is 1.49. The van der Waals surface area contributed by atoms with Crippen LogP contribution in [-0.4, -0.2) is 31.6 Å². The Morgan fingerprint density at radius 3 is 2.76 bits per heavy atom. The van der Waals surface area contributed by atoms with Crippen LogP contribution >= 0.6 is 11.9 Å². The zero-order valence-corrected chi connectivity index (χ0v) is 17.4. The first kappa shape index (κ1) is 21.0. The summed E-state index contributed by atoms with van der Waals surface area (Å²) in [6.45, 7) is 2.02. The van der Waals surface area contributed by atoms with Gasteiger partial charge in [-0.3, -0.25) is 14.3 Å². The zero-order chi connectivity index (χ0) is 21.0. The first-order chi connectivity index (χ1) is 14.0. The lowest BCUT2D eigenvalue weighted by atomic mass is 9.95. The van der Waals surface area contributed by atoms with Crippen LogP contribution in [0.15, 0.2) is 41.3 Å². The third-order valence-corrected chi connectivity index (χ3v) is 5.87. The third kappa shape index (κ3) is 4.46. The Bertz CT molecular complexity index is 971. The summed E-state index contributed by atoms with van der Waals surface area (Å²) in [4.78, 5) is 23.5. The minimum absolute atomic E-state index is 0.0615. The van der Waals surface area contributed by atoms with Crippen LogP contribution in [0.5, 0.6) is 5.75 Å². The van der Waals surface area contributed by atoms with Gasteiger partial charge in [-0.15, -0.1) is 0 Å². The van der Waals surface area contributed by atoms with Gasteiger partial charge in [-0.2, -0.15) is 0 Å². The largest absolute Gasteiger partial charge is 0.497 e. The molecule has 1 aliphatic rings. The van der Waals surface area contributed by atoms with Crippen molar-refractivity contribution in [2.24, 2.45) is 0 Å². The Balaban J connectivity index is 2.14. The van der Waals surface area contributed by atoms with Crippen molar-refractivity contribution >= 4 is 41.2 Å². The fraction of sp³-hybridized carbons (Fsp3) is 0.273. The fourth-order valence-corrected chi connectivity index (χ4v) is 4.41. The van der Waals surface area contributed by atoms with Crippen LogP contribution < -0.4 is 14.8 Å². The number of methoxy groups -OCH3 is 1. The maximum atomic E-state index is 11.4. The summed E-state index contributed by atoms with van der Waals surface area (Å²) in [7, 11) is 3.46. The highest BCUT2D eigenvalue weighted by Gasteiger charge is 2.30. The smallest absolute Gasteiger partial charge is 0.303 e. The minimum Gasteiger partial charge on any atom is -0.497 e. The van der Waals surface area contributed by atoms with Gasteiger partial charge < -0.3 is 15.2 Å². The summed E-state index contributed by atoms with van der Waals surface area (Å²) in [5, 5.41) is 12.1. The van der Waals surface area contributed by atoms with Crippen molar-refractivity contribution < 1.29 is 19.4 Å². The zero-order valence-electron chi connectivity index (χ0n) is 16.6. The summed E-state index contributed by atoms with van der Waals surface area (Å²) in [6, 6.07) is 11.7. The second kappa shape index (κ2) is 9.15. The molecule has 0 saturated carbocycles. The summed E-state index contributed by atoms with van der Waals surface area (Å²) in [5.41, 5.74) is 5.79. The van der Waals surface area contributed by atoms with E-state index in [-0.39, 0.29) is 12.3 Å². The molecule has 1 unspecified atom stereocenters. The molecule has 2 aromatic rings. The number of carbonyl (C=O) groups excluding carboxylic acids is 1. The number of hydrogen-bond acceptors (Lipinski definition) is 5. The maximum absolute atomic E-state index is 11.4. The summed E-state index contributed by atoms with van der Waals surface area (Å²) in [5.74, 6) is -0.216. The van der Waals surface area contributed by atoms with Crippen LogP contribution in [0, 0.1) is 0 Å². The Hall–Kier alpha value is -2.77. The van der Waals surface area contributed by atoms with Crippen LogP contribution in [0.25, 0.3) is 11.1 Å². The van der Waals surface area contributed by atoms with Crippen molar-refractivity contribution in [3.63, 3.8) is 0 Å². The molecule has 1 aliphatic carbocycles. The topological polar surface area (TPSA) is 87.7 Å². The van der Waals surface area contributed by atoms with E-state index in [1.165, 1.54) is 11.9 Å². The van der Waals surface area contributed by atoms with Crippen molar-refractivity contribution in [2.75, 3.05) is 19.5 Å². The number of benzene rings is 2. The summed E-state index contributed by atoms with van der Waals surface area (Å²) < 4.78 is 8.40. The number of aliphatic carboxylic acids is 1. The van der Waals surface area contributed by atoms with Crippen molar-refractivity contribution in [1.82, 2.24) is 4.72 Å². The molecule has 152 valence electrons. The van der Waals surface area contributed by atoms with Gasteiger partial charge in [-0.1, -0.05) is 6.07 Å². The molecule has 1 atom stereocenters. The molecule has 7 heteroatoms. The van der Waals surface area contributed by atoms with Crippen molar-refractivity contribution in [2.45, 2.75) is 30.6 Å². The quantitative estimate of drug-likeness (QED) is 0.440. The van der Waals surface area contributed by atoms with Gasteiger partial charge in [-0.05, 0) is 90.9 Å². The Kier molecular flexibility index (Phi) is 6.61. The van der Waals surface area contributed by atoms with E-state index in [9.17, 15) is 14.7 Å². The molecule has 0 aliphatic heterocycles. The SMILES string of the molecule is CNSc1ccc(NC=O)c(/C(C)=C2\CC(CC(=O)O)c3cc(OC)ccc32)c1. The predicted octanol–water partition coefficient (Wildman–Crippen LogP) is 4.38. The Morgan fingerprint density at radius 1 is 1.31 bits per heavy atom. The molecular formula is C22H24N2O4S. The summed E-state index contributed by atoms with van der Waals surface area (Å²) in [6.07, 6.45) is 1.36. The third-order valence-electron chi connectivity index (χ3n) is 5.18. The Labute approximate surface area is 174 Å². The predicted molar refractivity (Wildman–Crippen MR) is 116 cm³/mol. The molecule has 3 N–H and O–H groups in total. The number of rotatable bonds is 8. The molecule has 3 rings (SSSR count). The fourth-order valence-electron chi connectivity index (χ4n) is 3.86. The first-order valence-corrected chi connectivity index (χ1v) is 10.1. The van der Waals surface area contributed by atoms with Gasteiger partial charge in [0.25, 0.3) is 0 Å². The van der Waals surface area contributed by atoms with Gasteiger partial charge in [0.2, 0.25) is 6.41 Å². The average Bonchev–Trinajstić information content (AvgIpc) is 3.06. The lowest BCUT2D eigenvalue weighted by Crippen LogP contribution is -2.03. The van der Waals surface area contributed by atoms with Gasteiger partial charge in [-0.25, -0.2) is 0 Å². The van der Waals surface area contributed by atoms with E-state index < -0.39 is 5.97 Å². The van der Waals surface area contributed by atoms with E-state index in [1.807, 2.05) is 50.4 Å². The van der Waals surface area contributed by atoms with Crippen LogP contribution in [0.2, 0.25) is 0 Å². The van der Waals surface area contributed by atoms with E-state index in [1.54, 1.807) is 7.11 Å². The molecule has 6 nitrogen and oxygen atoms in total. The number of anilines is 1. The number of amides is 1. The van der Waals surface area contributed by atoms with Crippen LogP contribution in [0.3, 0.4) is 0 Å². The van der Waals surface area contributed by atoms with Gasteiger partial charge in [0.1, 0.15) is 5.75 Å². The lowest BCUT2D eigenvalue weighted by molar-refractivity contribution is -0.137. The lowest BCUT2D eigenvalue weighted by Gasteiger charge is -2.14. The van der Waals surface area contributed by atoms with Gasteiger partial charge in [0.15, 0.2) is 0 Å². The first-order valence-electron chi connectivity index (χ1n) is 9.26. The highest BCUT2D eigenvalue weighted by Crippen LogP contribution is 2.48. The number of fused-ring (bicyclic) bond motifs is 1. The van der Waals surface area contributed by atoms with Crippen LogP contribution in [0.1, 0.15) is 42.4 Å². The van der Waals surface area contributed by atoms with E-state index >= 15 is 0 Å². The number of ether oxygens (including phenoxy) is 1. The molecule has 0 heterocycles. The standard InChI is InChI=1S/C22H24N2O4S/c1-13(19-11-16(29-23-2)5-7-21(19)24-12-25)18-8-14(9-22(26)27)20-10-15(28-3)4-6-17(18)20/h4-7,10-12,14,23H,8-9H2,1-3H3,(H,24,25)(H,26,27)/b18-13+. The van der Waals surface area contributed by atoms with Crippen LogP contribution in [0.4, 0.5) is 5.69 Å². The van der Waals surface area contributed by atoms with Gasteiger partial charge >= 0.3 is 5.97 Å². The number of hydrogen-bond donors (Lipinski definition) is 3. The molecule has 0 radical (unpaired) electrons. The minimum atomic E-state index is -0.821.